The third kappa shape index (κ3) is 7.77. The van der Waals surface area contributed by atoms with Crippen molar-refractivity contribution in [2.75, 3.05) is 50.1 Å². The molecule has 3 aliphatic rings. The van der Waals surface area contributed by atoms with Crippen molar-refractivity contribution in [3.8, 4) is 16.9 Å². The van der Waals surface area contributed by atoms with E-state index in [1.807, 2.05) is 17.9 Å². The number of imide groups is 1. The lowest BCUT2D eigenvalue weighted by atomic mass is 9.76. The monoisotopic (exact) mass is 727 g/mol. The van der Waals surface area contributed by atoms with Crippen LogP contribution in [0.4, 0.5) is 24.5 Å². The highest BCUT2D eigenvalue weighted by Gasteiger charge is 2.48. The zero-order chi connectivity index (χ0) is 36.6. The highest BCUT2D eigenvalue weighted by Crippen LogP contribution is 2.44. The highest BCUT2D eigenvalue weighted by atomic mass is 35.5. The number of methoxy groups -OCH3 is 1. The number of amides is 2. The number of anilines is 2. The molecule has 51 heavy (non-hydrogen) atoms. The molecule has 13 heteroatoms. The maximum Gasteiger partial charge on any atom is 0.263 e. The second-order valence-corrected chi connectivity index (χ2v) is 14.6. The minimum absolute atomic E-state index is 0.0702. The molecule has 0 spiro atoms. The van der Waals surface area contributed by atoms with Crippen LogP contribution in [0.5, 0.6) is 5.75 Å². The molecule has 2 atom stereocenters. The Hall–Kier alpha value is -4.03. The van der Waals surface area contributed by atoms with Crippen molar-refractivity contribution < 1.29 is 27.5 Å². The number of rotatable bonds is 9. The van der Waals surface area contributed by atoms with Gasteiger partial charge in [-0.2, -0.15) is 0 Å². The summed E-state index contributed by atoms with van der Waals surface area (Å²) in [5.74, 6) is -4.73. The standard InChI is InChI=1S/C38H45ClF3N5O4/c1-22-23(2)37(50)45(3)19-28(22)26-15-31(39)29(34(16-26)51-4)20-46-12-11-30(38(41,42)21-46)24-9-13-47(14-10-24)33-7-6-27(17-32(33)40)43-18-25-5-8-35(48)44-36(25)49/h6-7,15-17,19,24-25,30,43H,5,8-14,18,20-21H2,1-4H3,(H,44,48,49). The number of likely N-dealkylation sites (tertiary alicyclic amines) is 1. The van der Waals surface area contributed by atoms with E-state index in [4.69, 9.17) is 16.3 Å². The topological polar surface area (TPSA) is 95.9 Å². The minimum atomic E-state index is -2.91. The summed E-state index contributed by atoms with van der Waals surface area (Å²) >= 11 is 6.79. The van der Waals surface area contributed by atoms with Crippen LogP contribution in [-0.2, 0) is 23.2 Å². The van der Waals surface area contributed by atoms with Crippen LogP contribution in [-0.4, -0.2) is 67.0 Å². The Labute approximate surface area is 301 Å². The van der Waals surface area contributed by atoms with Crippen molar-refractivity contribution in [2.24, 2.45) is 24.8 Å². The fourth-order valence-electron chi connectivity index (χ4n) is 7.93. The van der Waals surface area contributed by atoms with Gasteiger partial charge in [0.25, 0.3) is 11.5 Å². The van der Waals surface area contributed by atoms with Gasteiger partial charge >= 0.3 is 0 Å². The quantitative estimate of drug-likeness (QED) is 0.250. The van der Waals surface area contributed by atoms with Crippen molar-refractivity contribution in [2.45, 2.75) is 58.4 Å². The average molecular weight is 728 g/mol. The third-order valence-corrected chi connectivity index (χ3v) is 11.4. The molecule has 1 aromatic heterocycles. The van der Waals surface area contributed by atoms with Crippen molar-refractivity contribution >= 4 is 34.8 Å². The van der Waals surface area contributed by atoms with Crippen LogP contribution in [0.3, 0.4) is 0 Å². The van der Waals surface area contributed by atoms with Gasteiger partial charge in [-0.3, -0.25) is 24.6 Å². The van der Waals surface area contributed by atoms with Crippen LogP contribution in [0.15, 0.2) is 41.3 Å². The first kappa shape index (κ1) is 36.8. The molecule has 3 aromatic rings. The number of ether oxygens (including phenoxy) is 1. The number of pyridine rings is 1. The Morgan fingerprint density at radius 2 is 1.76 bits per heavy atom. The number of hydrogen-bond acceptors (Lipinski definition) is 7. The van der Waals surface area contributed by atoms with Crippen molar-refractivity contribution in [3.63, 3.8) is 0 Å². The van der Waals surface area contributed by atoms with Crippen LogP contribution >= 0.6 is 11.6 Å². The van der Waals surface area contributed by atoms with Gasteiger partial charge in [-0.05, 0) is 93.5 Å². The van der Waals surface area contributed by atoms with Crippen LogP contribution < -0.4 is 25.8 Å². The summed E-state index contributed by atoms with van der Waals surface area (Å²) in [6, 6.07) is 8.48. The summed E-state index contributed by atoms with van der Waals surface area (Å²) in [5, 5.41) is 5.83. The Bertz CT molecular complexity index is 1880. The normalized spacial score (nSPS) is 21.5. The van der Waals surface area contributed by atoms with E-state index in [9.17, 15) is 14.4 Å². The molecule has 3 saturated heterocycles. The van der Waals surface area contributed by atoms with Gasteiger partial charge in [-0.1, -0.05) is 11.6 Å². The molecule has 9 nitrogen and oxygen atoms in total. The third-order valence-electron chi connectivity index (χ3n) is 11.0. The molecule has 2 unspecified atom stereocenters. The summed E-state index contributed by atoms with van der Waals surface area (Å²) in [6.45, 7) is 5.24. The fraction of sp³-hybridized carbons (Fsp3) is 0.500. The van der Waals surface area contributed by atoms with Crippen molar-refractivity contribution in [1.29, 1.82) is 0 Å². The molecule has 0 bridgehead atoms. The average Bonchev–Trinajstić information content (AvgIpc) is 3.09. The van der Waals surface area contributed by atoms with Crippen LogP contribution in [0.25, 0.3) is 11.1 Å². The lowest BCUT2D eigenvalue weighted by molar-refractivity contribution is -0.136. The van der Waals surface area contributed by atoms with Gasteiger partial charge in [-0.15, -0.1) is 0 Å². The number of alkyl halides is 2. The lowest BCUT2D eigenvalue weighted by Gasteiger charge is -2.44. The van der Waals surface area contributed by atoms with E-state index >= 15 is 13.2 Å². The van der Waals surface area contributed by atoms with E-state index in [0.717, 1.165) is 16.7 Å². The molecule has 2 aromatic carbocycles. The van der Waals surface area contributed by atoms with E-state index in [1.54, 1.807) is 43.3 Å². The lowest BCUT2D eigenvalue weighted by Crippen LogP contribution is -2.52. The SMILES string of the molecule is COc1cc(-c2cn(C)c(=O)c(C)c2C)cc(Cl)c1CN1CCC(C2CCN(c3ccc(NCC4CCC(=O)NC4=O)cc3F)CC2)C(F)(F)C1. The zero-order valence-electron chi connectivity index (χ0n) is 29.5. The Morgan fingerprint density at radius 3 is 2.43 bits per heavy atom. The number of piperidine rings is 3. The van der Waals surface area contributed by atoms with Gasteiger partial charge < -0.3 is 19.5 Å². The largest absolute Gasteiger partial charge is 0.496 e. The molecule has 4 heterocycles. The Morgan fingerprint density at radius 1 is 1.02 bits per heavy atom. The number of halogens is 4. The Balaban J connectivity index is 1.05. The number of aromatic nitrogens is 1. The molecular formula is C38H45ClF3N5O4. The summed E-state index contributed by atoms with van der Waals surface area (Å²) in [6.07, 6.45) is 3.92. The van der Waals surface area contributed by atoms with Crippen LogP contribution in [0.2, 0.25) is 5.02 Å². The van der Waals surface area contributed by atoms with Crippen LogP contribution in [0.1, 0.15) is 48.8 Å². The van der Waals surface area contributed by atoms with Gasteiger partial charge in [0.1, 0.15) is 11.6 Å². The summed E-state index contributed by atoms with van der Waals surface area (Å²) < 4.78 is 54.2. The minimum Gasteiger partial charge on any atom is -0.496 e. The summed E-state index contributed by atoms with van der Waals surface area (Å²) in [4.78, 5) is 39.5. The molecule has 3 fully saturated rings. The van der Waals surface area contributed by atoms with Crippen LogP contribution in [0, 0.1) is 37.4 Å². The zero-order valence-corrected chi connectivity index (χ0v) is 30.2. The predicted molar refractivity (Wildman–Crippen MR) is 192 cm³/mol. The molecule has 0 aliphatic carbocycles. The summed E-state index contributed by atoms with van der Waals surface area (Å²) in [7, 11) is 3.23. The van der Waals surface area contributed by atoms with Crippen molar-refractivity contribution in [1.82, 2.24) is 14.8 Å². The maximum absolute atomic E-state index is 15.9. The smallest absolute Gasteiger partial charge is 0.263 e. The molecule has 0 saturated carbocycles. The van der Waals surface area contributed by atoms with E-state index in [2.05, 4.69) is 10.6 Å². The second kappa shape index (κ2) is 14.9. The number of benzene rings is 2. The van der Waals surface area contributed by atoms with E-state index in [1.165, 1.54) is 17.7 Å². The number of carbonyl (C=O) groups is 2. The second-order valence-electron chi connectivity index (χ2n) is 14.2. The fourth-order valence-corrected chi connectivity index (χ4v) is 8.20. The predicted octanol–water partition coefficient (Wildman–Crippen LogP) is 6.31. The Kier molecular flexibility index (Phi) is 10.7. The van der Waals surface area contributed by atoms with Gasteiger partial charge in [0.15, 0.2) is 0 Å². The number of nitrogens with zero attached hydrogens (tertiary/aromatic N) is 3. The van der Waals surface area contributed by atoms with Gasteiger partial charge in [0, 0.05) is 79.2 Å². The highest BCUT2D eigenvalue weighted by molar-refractivity contribution is 6.32. The van der Waals surface area contributed by atoms with Gasteiger partial charge in [0.2, 0.25) is 11.8 Å². The molecule has 3 aliphatic heterocycles. The van der Waals surface area contributed by atoms with E-state index in [0.29, 0.717) is 85.1 Å². The van der Waals surface area contributed by atoms with E-state index in [-0.39, 0.29) is 48.7 Å². The molecule has 2 amide bonds. The first-order valence-electron chi connectivity index (χ1n) is 17.5. The number of hydrogen-bond donors (Lipinski definition) is 2. The number of carbonyl (C=O) groups excluding carboxylic acids is 2. The first-order valence-corrected chi connectivity index (χ1v) is 17.9. The van der Waals surface area contributed by atoms with E-state index < -0.39 is 17.7 Å². The van der Waals surface area contributed by atoms with Crippen molar-refractivity contribution in [3.05, 3.63) is 74.4 Å². The first-order chi connectivity index (χ1) is 24.2. The molecule has 0 radical (unpaired) electrons. The number of nitrogens with one attached hydrogen (secondary N) is 2. The summed E-state index contributed by atoms with van der Waals surface area (Å²) in [5.41, 5.74) is 4.65. The molecule has 2 N–H and O–H groups in total. The van der Waals surface area contributed by atoms with Gasteiger partial charge in [-0.25, -0.2) is 13.2 Å². The molecular weight excluding hydrogens is 683 g/mol. The van der Waals surface area contributed by atoms with Gasteiger partial charge in [0.05, 0.1) is 25.3 Å². The number of aryl methyl sites for hydroxylation is 1. The maximum atomic E-state index is 15.9. The molecule has 6 rings (SSSR count). The molecule has 274 valence electrons.